The molecule has 4 nitrogen and oxygen atoms in total. The van der Waals surface area contributed by atoms with Gasteiger partial charge in [0.25, 0.3) is 0 Å². The molecule has 5 heteroatoms. The molecule has 0 aliphatic rings. The maximum Gasteiger partial charge on any atom is 0.214 e. The lowest BCUT2D eigenvalue weighted by Gasteiger charge is -1.99. The number of carbonyl (C=O) groups is 1. The highest BCUT2D eigenvalue weighted by Crippen LogP contribution is 2.26. The first-order valence-corrected chi connectivity index (χ1v) is 3.62. The minimum Gasteiger partial charge on any atom is -0.346 e. The lowest BCUT2D eigenvalue weighted by Crippen LogP contribution is -1.92. The van der Waals surface area contributed by atoms with Crippen LogP contribution >= 0.6 is 8.38 Å². The van der Waals surface area contributed by atoms with E-state index in [2.05, 4.69) is 0 Å². The lowest BCUT2D eigenvalue weighted by atomic mass is 10.4. The fourth-order valence-corrected chi connectivity index (χ4v) is 0.625. The van der Waals surface area contributed by atoms with Crippen LogP contribution < -0.4 is 0 Å². The fraction of sp³-hybridized carbons (Fsp3) is 0.500. The Morgan fingerprint density at radius 2 is 2.22 bits per heavy atom. The zero-order valence-corrected chi connectivity index (χ0v) is 5.64. The van der Waals surface area contributed by atoms with Gasteiger partial charge in [0.15, 0.2) is 0 Å². The van der Waals surface area contributed by atoms with Crippen LogP contribution in [0.1, 0.15) is 12.8 Å². The quantitative estimate of drug-likeness (QED) is 0.304. The first kappa shape index (κ1) is 8.69. The van der Waals surface area contributed by atoms with Gasteiger partial charge in [-0.3, -0.25) is 0 Å². The highest BCUT2D eigenvalue weighted by atomic mass is 31.2. The smallest absolute Gasteiger partial charge is 0.214 e. The number of hydrogen-bond donors (Lipinski definition) is 3. The van der Waals surface area contributed by atoms with Crippen molar-refractivity contribution < 1.29 is 14.6 Å². The van der Waals surface area contributed by atoms with Crippen molar-refractivity contribution in [1.29, 1.82) is 5.41 Å². The lowest BCUT2D eigenvalue weighted by molar-refractivity contribution is -0.107. The number of aldehydes is 1. The van der Waals surface area contributed by atoms with Gasteiger partial charge in [0.05, 0.1) is 5.45 Å². The monoisotopic (exact) mass is 149 g/mol. The van der Waals surface area contributed by atoms with E-state index in [1.165, 1.54) is 0 Å². The van der Waals surface area contributed by atoms with Crippen LogP contribution in [0.25, 0.3) is 0 Å². The van der Waals surface area contributed by atoms with E-state index in [0.29, 0.717) is 6.29 Å². The van der Waals surface area contributed by atoms with Gasteiger partial charge in [0.2, 0.25) is 8.38 Å². The molecule has 0 spiro atoms. The summed E-state index contributed by atoms with van der Waals surface area (Å²) in [7, 11) is -2.25. The molecular formula is C4H8NO3P. The van der Waals surface area contributed by atoms with Crippen LogP contribution in [0.5, 0.6) is 0 Å². The van der Waals surface area contributed by atoms with Crippen LogP contribution in [-0.2, 0) is 4.79 Å². The molecule has 52 valence electrons. The molecule has 9 heavy (non-hydrogen) atoms. The van der Waals surface area contributed by atoms with E-state index in [0.717, 1.165) is 0 Å². The Hall–Kier alpha value is -0.310. The zero-order valence-electron chi connectivity index (χ0n) is 4.74. The molecule has 0 amide bonds. The summed E-state index contributed by atoms with van der Waals surface area (Å²) in [5.74, 6) is 0. The fourth-order valence-electron chi connectivity index (χ4n) is 0.296. The normalized spacial score (nSPS) is 9.67. The van der Waals surface area contributed by atoms with Gasteiger partial charge in [0.1, 0.15) is 6.29 Å². The Balaban J connectivity index is 3.38. The summed E-state index contributed by atoms with van der Waals surface area (Å²) < 4.78 is 0. The van der Waals surface area contributed by atoms with Crippen LogP contribution in [0.4, 0.5) is 0 Å². The average Bonchev–Trinajstić information content (AvgIpc) is 1.82. The topological polar surface area (TPSA) is 81.4 Å². The summed E-state index contributed by atoms with van der Waals surface area (Å²) in [6.07, 6.45) is 0.994. The maximum absolute atomic E-state index is 9.68. The Morgan fingerprint density at radius 1 is 1.67 bits per heavy atom. The molecular weight excluding hydrogens is 141 g/mol. The second-order valence-corrected chi connectivity index (χ2v) is 2.56. The highest BCUT2D eigenvalue weighted by Gasteiger charge is 2.05. The third-order valence-electron chi connectivity index (χ3n) is 0.740. The zero-order chi connectivity index (χ0) is 7.28. The van der Waals surface area contributed by atoms with Crippen molar-refractivity contribution in [2.45, 2.75) is 12.8 Å². The molecule has 0 unspecified atom stereocenters. The van der Waals surface area contributed by atoms with Gasteiger partial charge in [-0.2, -0.15) is 0 Å². The number of rotatable bonds is 4. The Bertz CT molecular complexity index is 114. The van der Waals surface area contributed by atoms with Crippen molar-refractivity contribution in [1.82, 2.24) is 0 Å². The number of hydrogen-bond acceptors (Lipinski definition) is 4. The van der Waals surface area contributed by atoms with Crippen molar-refractivity contribution >= 4 is 20.1 Å². The first-order chi connectivity index (χ1) is 4.18. The van der Waals surface area contributed by atoms with Gasteiger partial charge >= 0.3 is 0 Å². The molecule has 0 aromatic heterocycles. The maximum atomic E-state index is 9.68. The molecule has 0 saturated carbocycles. The molecule has 0 bridgehead atoms. The van der Waals surface area contributed by atoms with Gasteiger partial charge in [0, 0.05) is 12.8 Å². The second kappa shape index (κ2) is 4.56. The number of carbonyl (C=O) groups excluding carboxylic acids is 1. The number of nitrogens with one attached hydrogen (secondary N) is 1. The molecule has 0 heterocycles. The van der Waals surface area contributed by atoms with E-state index in [4.69, 9.17) is 15.2 Å². The van der Waals surface area contributed by atoms with E-state index in [9.17, 15) is 4.79 Å². The molecule has 0 aromatic carbocycles. The van der Waals surface area contributed by atoms with E-state index >= 15 is 0 Å². The van der Waals surface area contributed by atoms with Gasteiger partial charge in [-0.1, -0.05) is 0 Å². The Kier molecular flexibility index (Phi) is 4.40. The molecule has 0 saturated heterocycles. The summed E-state index contributed by atoms with van der Waals surface area (Å²) in [6.45, 7) is 0. The molecule has 0 aliphatic carbocycles. The predicted molar refractivity (Wildman–Crippen MR) is 34.4 cm³/mol. The molecule has 0 atom stereocenters. The molecule has 0 fully saturated rings. The summed E-state index contributed by atoms with van der Waals surface area (Å²) in [4.78, 5) is 26.3. The van der Waals surface area contributed by atoms with E-state index in [1.54, 1.807) is 0 Å². The summed E-state index contributed by atoms with van der Waals surface area (Å²) in [5.41, 5.74) is -0.155. The van der Waals surface area contributed by atoms with E-state index in [1.807, 2.05) is 0 Å². The molecule has 0 aliphatic heterocycles. The second-order valence-electron chi connectivity index (χ2n) is 1.44. The largest absolute Gasteiger partial charge is 0.346 e. The van der Waals surface area contributed by atoms with Gasteiger partial charge in [-0.15, -0.1) is 0 Å². The average molecular weight is 149 g/mol. The van der Waals surface area contributed by atoms with Crippen LogP contribution in [0.2, 0.25) is 0 Å². The van der Waals surface area contributed by atoms with Crippen LogP contribution in [-0.4, -0.2) is 21.5 Å². The van der Waals surface area contributed by atoms with Gasteiger partial charge < -0.3 is 20.0 Å². The van der Waals surface area contributed by atoms with E-state index in [-0.39, 0.29) is 18.3 Å². The molecule has 0 aromatic rings. The van der Waals surface area contributed by atoms with Gasteiger partial charge in [-0.25, -0.2) is 0 Å². The third-order valence-corrected chi connectivity index (χ3v) is 1.45. The summed E-state index contributed by atoms with van der Waals surface area (Å²) >= 11 is 0. The van der Waals surface area contributed by atoms with Crippen molar-refractivity contribution in [3.05, 3.63) is 0 Å². The van der Waals surface area contributed by atoms with E-state index < -0.39 is 8.38 Å². The summed E-state index contributed by atoms with van der Waals surface area (Å²) in [5, 5.41) is 6.82. The molecule has 0 rings (SSSR count). The SMILES string of the molecule is N=C(CCC=O)P(O)O. The Morgan fingerprint density at radius 3 is 2.56 bits per heavy atom. The highest BCUT2D eigenvalue weighted by molar-refractivity contribution is 7.64. The van der Waals surface area contributed by atoms with Crippen LogP contribution in [0, 0.1) is 5.41 Å². The minimum atomic E-state index is -2.25. The molecule has 3 N–H and O–H groups in total. The Labute approximate surface area is 53.9 Å². The first-order valence-electron chi connectivity index (χ1n) is 2.37. The van der Waals surface area contributed by atoms with Crippen molar-refractivity contribution in [3.8, 4) is 0 Å². The van der Waals surface area contributed by atoms with Crippen LogP contribution in [0.15, 0.2) is 0 Å². The van der Waals surface area contributed by atoms with Crippen molar-refractivity contribution in [3.63, 3.8) is 0 Å². The third kappa shape index (κ3) is 4.21. The van der Waals surface area contributed by atoms with Crippen molar-refractivity contribution in [2.24, 2.45) is 0 Å². The summed E-state index contributed by atoms with van der Waals surface area (Å²) in [6, 6.07) is 0. The predicted octanol–water partition coefficient (Wildman–Crippen LogP) is 0.239. The van der Waals surface area contributed by atoms with Crippen LogP contribution in [0.3, 0.4) is 0 Å². The standard InChI is InChI=1S/C4H8NO3P/c5-4(9(7)8)2-1-3-6/h3,5,7-8H,1-2H2. The van der Waals surface area contributed by atoms with Gasteiger partial charge in [-0.05, 0) is 0 Å². The molecule has 0 radical (unpaired) electrons. The minimum absolute atomic E-state index is 0.155. The van der Waals surface area contributed by atoms with Crippen molar-refractivity contribution in [2.75, 3.05) is 0 Å².